The molecular formula is C21H21ClN4O2S. The SMILES string of the molecule is C/N=C(/c1ccc(OC)c(Cl)c1)N1CCCc2cc(C3=NNC(=O)SC3)ccc21. The van der Waals surface area contributed by atoms with Crippen molar-refractivity contribution in [2.75, 3.05) is 31.4 Å². The fourth-order valence-electron chi connectivity index (χ4n) is 3.67. The van der Waals surface area contributed by atoms with E-state index in [9.17, 15) is 4.79 Å². The maximum atomic E-state index is 11.3. The Morgan fingerprint density at radius 2 is 2.17 bits per heavy atom. The maximum Gasteiger partial charge on any atom is 0.299 e. The Balaban J connectivity index is 1.67. The normalized spacial score (nSPS) is 16.8. The van der Waals surface area contributed by atoms with Crippen LogP contribution in [0, 0.1) is 0 Å². The average Bonchev–Trinajstić information content (AvgIpc) is 2.75. The number of nitrogens with zero attached hydrogens (tertiary/aromatic N) is 3. The Kier molecular flexibility index (Phi) is 5.78. The number of benzene rings is 2. The number of rotatable bonds is 3. The largest absolute Gasteiger partial charge is 0.495 e. The van der Waals surface area contributed by atoms with Crippen molar-refractivity contribution in [2.24, 2.45) is 10.1 Å². The van der Waals surface area contributed by atoms with Gasteiger partial charge in [0.25, 0.3) is 5.24 Å². The van der Waals surface area contributed by atoms with Crippen LogP contribution in [0.25, 0.3) is 0 Å². The molecule has 1 amide bonds. The van der Waals surface area contributed by atoms with Gasteiger partial charge in [0.05, 0.1) is 17.8 Å². The highest BCUT2D eigenvalue weighted by Gasteiger charge is 2.24. The van der Waals surface area contributed by atoms with Crippen LogP contribution in [0.2, 0.25) is 5.02 Å². The first-order chi connectivity index (χ1) is 14.1. The molecule has 2 aromatic carbocycles. The van der Waals surface area contributed by atoms with Gasteiger partial charge in [-0.05, 0) is 54.3 Å². The summed E-state index contributed by atoms with van der Waals surface area (Å²) >= 11 is 7.58. The van der Waals surface area contributed by atoms with E-state index in [1.165, 1.54) is 17.3 Å². The Morgan fingerprint density at radius 3 is 2.86 bits per heavy atom. The van der Waals surface area contributed by atoms with E-state index in [-0.39, 0.29) is 5.24 Å². The monoisotopic (exact) mass is 428 g/mol. The molecule has 0 radical (unpaired) electrons. The van der Waals surface area contributed by atoms with Crippen LogP contribution in [0.4, 0.5) is 10.5 Å². The molecule has 4 rings (SSSR count). The number of amides is 1. The first kappa shape index (κ1) is 19.8. The minimum atomic E-state index is -0.111. The van der Waals surface area contributed by atoms with Crippen LogP contribution in [-0.2, 0) is 6.42 Å². The minimum absolute atomic E-state index is 0.111. The zero-order valence-corrected chi connectivity index (χ0v) is 17.8. The molecule has 29 heavy (non-hydrogen) atoms. The van der Waals surface area contributed by atoms with Crippen molar-refractivity contribution < 1.29 is 9.53 Å². The number of halogens is 1. The predicted octanol–water partition coefficient (Wildman–Crippen LogP) is 4.34. The molecule has 0 fully saturated rings. The summed E-state index contributed by atoms with van der Waals surface area (Å²) < 4.78 is 5.27. The van der Waals surface area contributed by atoms with Gasteiger partial charge in [-0.2, -0.15) is 5.10 Å². The van der Waals surface area contributed by atoms with Crippen LogP contribution < -0.4 is 15.1 Å². The van der Waals surface area contributed by atoms with Gasteiger partial charge in [0.1, 0.15) is 11.6 Å². The molecule has 2 heterocycles. The fourth-order valence-corrected chi connectivity index (χ4v) is 4.53. The van der Waals surface area contributed by atoms with Crippen molar-refractivity contribution in [3.8, 4) is 5.75 Å². The standard InChI is InChI=1S/C21H21ClN4O2S/c1-23-20(15-6-8-19(28-2)16(22)11-15)26-9-3-4-14-10-13(5-7-18(14)26)17-12-29-21(27)25-24-17/h5-8,10-11H,3-4,9,12H2,1-2H3,(H,25,27)/b23-20-. The molecule has 0 saturated heterocycles. The summed E-state index contributed by atoms with van der Waals surface area (Å²) in [5.41, 5.74) is 7.81. The fraction of sp³-hybridized carbons (Fsp3) is 0.286. The highest BCUT2D eigenvalue weighted by molar-refractivity contribution is 8.14. The van der Waals surface area contributed by atoms with E-state index in [1.54, 1.807) is 14.2 Å². The van der Waals surface area contributed by atoms with E-state index in [4.69, 9.17) is 16.3 Å². The Hall–Kier alpha value is -2.51. The Morgan fingerprint density at radius 1 is 1.31 bits per heavy atom. The predicted molar refractivity (Wildman–Crippen MR) is 120 cm³/mol. The Labute approximate surface area is 179 Å². The number of hydrogen-bond acceptors (Lipinski definition) is 5. The number of anilines is 1. The molecule has 0 aromatic heterocycles. The van der Waals surface area contributed by atoms with Gasteiger partial charge >= 0.3 is 0 Å². The van der Waals surface area contributed by atoms with Gasteiger partial charge in [-0.1, -0.05) is 29.4 Å². The summed E-state index contributed by atoms with van der Waals surface area (Å²) in [6, 6.07) is 12.1. The van der Waals surface area contributed by atoms with Gasteiger partial charge in [-0.15, -0.1) is 0 Å². The molecule has 0 bridgehead atoms. The molecule has 6 nitrogen and oxygen atoms in total. The summed E-state index contributed by atoms with van der Waals surface area (Å²) in [5, 5.41) is 4.66. The van der Waals surface area contributed by atoms with Crippen molar-refractivity contribution in [3.05, 3.63) is 58.1 Å². The third-order valence-electron chi connectivity index (χ3n) is 5.03. The maximum absolute atomic E-state index is 11.3. The molecule has 0 saturated carbocycles. The van der Waals surface area contributed by atoms with E-state index < -0.39 is 0 Å². The van der Waals surface area contributed by atoms with Gasteiger partial charge in [0.2, 0.25) is 0 Å². The van der Waals surface area contributed by atoms with Crippen LogP contribution in [-0.4, -0.2) is 43.2 Å². The third-order valence-corrected chi connectivity index (χ3v) is 6.10. The zero-order valence-electron chi connectivity index (χ0n) is 16.2. The van der Waals surface area contributed by atoms with Crippen molar-refractivity contribution in [2.45, 2.75) is 12.8 Å². The lowest BCUT2D eigenvalue weighted by Crippen LogP contribution is -2.36. The van der Waals surface area contributed by atoms with Crippen molar-refractivity contribution in [1.82, 2.24) is 5.43 Å². The third kappa shape index (κ3) is 3.97. The van der Waals surface area contributed by atoms with E-state index in [1.807, 2.05) is 18.2 Å². The Bertz CT molecular complexity index is 1020. The molecular weight excluding hydrogens is 408 g/mol. The zero-order chi connectivity index (χ0) is 20.4. The van der Waals surface area contributed by atoms with Crippen LogP contribution >= 0.6 is 23.4 Å². The second kappa shape index (κ2) is 8.47. The molecule has 0 aliphatic carbocycles. The average molecular weight is 429 g/mol. The van der Waals surface area contributed by atoms with Crippen molar-refractivity contribution in [3.63, 3.8) is 0 Å². The molecule has 0 spiro atoms. The van der Waals surface area contributed by atoms with Crippen molar-refractivity contribution >= 4 is 45.8 Å². The molecule has 8 heteroatoms. The number of ether oxygens (including phenoxy) is 1. The number of methoxy groups -OCH3 is 1. The lowest BCUT2D eigenvalue weighted by atomic mass is 9.97. The highest BCUT2D eigenvalue weighted by atomic mass is 35.5. The van der Waals surface area contributed by atoms with Crippen LogP contribution in [0.1, 0.15) is 23.1 Å². The number of nitrogens with one attached hydrogen (secondary N) is 1. The number of amidine groups is 1. The molecule has 1 N–H and O–H groups in total. The number of hydrazone groups is 1. The second-order valence-corrected chi connectivity index (χ2v) is 8.10. The summed E-state index contributed by atoms with van der Waals surface area (Å²) in [7, 11) is 3.40. The molecule has 2 aliphatic heterocycles. The number of fused-ring (bicyclic) bond motifs is 1. The number of thioether (sulfide) groups is 1. The second-order valence-electron chi connectivity index (χ2n) is 6.74. The summed E-state index contributed by atoms with van der Waals surface area (Å²) in [6.45, 7) is 0.884. The van der Waals surface area contributed by atoms with Crippen LogP contribution in [0.5, 0.6) is 5.75 Å². The first-order valence-corrected chi connectivity index (χ1v) is 10.7. The first-order valence-electron chi connectivity index (χ1n) is 9.31. The smallest absolute Gasteiger partial charge is 0.299 e. The molecule has 0 unspecified atom stereocenters. The summed E-state index contributed by atoms with van der Waals surface area (Å²) in [5.74, 6) is 2.11. The van der Waals surface area contributed by atoms with Gasteiger partial charge in [0, 0.05) is 30.6 Å². The minimum Gasteiger partial charge on any atom is -0.495 e. The van der Waals surface area contributed by atoms with Crippen molar-refractivity contribution in [1.29, 1.82) is 0 Å². The summed E-state index contributed by atoms with van der Waals surface area (Å²) in [6.07, 6.45) is 2.02. The molecule has 150 valence electrons. The topological polar surface area (TPSA) is 66.3 Å². The van der Waals surface area contributed by atoms with E-state index >= 15 is 0 Å². The number of carbonyl (C=O) groups is 1. The van der Waals surface area contributed by atoms with Crippen LogP contribution in [0.3, 0.4) is 0 Å². The number of hydrogen-bond donors (Lipinski definition) is 1. The number of aliphatic imine (C=N–C) groups is 1. The molecule has 2 aromatic rings. The number of carbonyl (C=O) groups excluding carboxylic acids is 1. The lowest BCUT2D eigenvalue weighted by Gasteiger charge is -2.32. The quantitative estimate of drug-likeness (QED) is 0.583. The lowest BCUT2D eigenvalue weighted by molar-refractivity contribution is 0.261. The van der Waals surface area contributed by atoms with Gasteiger partial charge in [-0.3, -0.25) is 9.79 Å². The van der Waals surface area contributed by atoms with Crippen LogP contribution in [0.15, 0.2) is 46.5 Å². The molecule has 2 aliphatic rings. The van der Waals surface area contributed by atoms with Gasteiger partial charge < -0.3 is 9.64 Å². The van der Waals surface area contributed by atoms with E-state index in [2.05, 4.69) is 38.6 Å². The van der Waals surface area contributed by atoms with E-state index in [0.29, 0.717) is 16.5 Å². The summed E-state index contributed by atoms with van der Waals surface area (Å²) in [4.78, 5) is 18.1. The van der Waals surface area contributed by atoms with Gasteiger partial charge in [-0.25, -0.2) is 5.43 Å². The van der Waals surface area contributed by atoms with E-state index in [0.717, 1.165) is 47.7 Å². The van der Waals surface area contributed by atoms with Gasteiger partial charge in [0.15, 0.2) is 0 Å². The highest BCUT2D eigenvalue weighted by Crippen LogP contribution is 2.32. The molecule has 0 atom stereocenters. The number of aryl methyl sites for hydroxylation is 1.